The summed E-state index contributed by atoms with van der Waals surface area (Å²) >= 11 is 1.44. The fourth-order valence-electron chi connectivity index (χ4n) is 2.19. The molecular formula is C14H17N3O2S. The summed E-state index contributed by atoms with van der Waals surface area (Å²) in [5.74, 6) is -0.317. The molecule has 0 aliphatic carbocycles. The van der Waals surface area contributed by atoms with Crippen LogP contribution in [0.15, 0.2) is 0 Å². The molecule has 0 aromatic carbocycles. The molecule has 0 spiro atoms. The topological polar surface area (TPSA) is 74.8 Å². The lowest BCUT2D eigenvalue weighted by Crippen LogP contribution is -2.13. The molecule has 2 rings (SSSR count). The van der Waals surface area contributed by atoms with Gasteiger partial charge >= 0.3 is 0 Å². The van der Waals surface area contributed by atoms with Crippen LogP contribution >= 0.6 is 11.3 Å². The van der Waals surface area contributed by atoms with Crippen molar-refractivity contribution in [3.8, 4) is 0 Å². The summed E-state index contributed by atoms with van der Waals surface area (Å²) in [6, 6.07) is 0. The number of rotatable bonds is 3. The van der Waals surface area contributed by atoms with E-state index < -0.39 is 0 Å². The van der Waals surface area contributed by atoms with Gasteiger partial charge in [0.1, 0.15) is 5.69 Å². The van der Waals surface area contributed by atoms with Crippen molar-refractivity contribution in [1.29, 1.82) is 0 Å². The van der Waals surface area contributed by atoms with Crippen LogP contribution in [0.4, 0.5) is 5.13 Å². The van der Waals surface area contributed by atoms with Crippen molar-refractivity contribution in [2.24, 2.45) is 0 Å². The predicted molar refractivity (Wildman–Crippen MR) is 79.8 cm³/mol. The number of nitrogens with zero attached hydrogens (tertiary/aromatic N) is 1. The third-order valence-electron chi connectivity index (χ3n) is 3.27. The molecule has 20 heavy (non-hydrogen) atoms. The van der Waals surface area contributed by atoms with E-state index in [2.05, 4.69) is 15.3 Å². The largest absolute Gasteiger partial charge is 0.354 e. The molecule has 0 atom stereocenters. The molecule has 1 amide bonds. The van der Waals surface area contributed by atoms with Gasteiger partial charge < -0.3 is 4.98 Å². The first-order chi connectivity index (χ1) is 9.31. The van der Waals surface area contributed by atoms with E-state index in [0.29, 0.717) is 27.6 Å². The van der Waals surface area contributed by atoms with Gasteiger partial charge in [-0.05, 0) is 40.2 Å². The maximum Gasteiger partial charge on any atom is 0.274 e. The second-order valence-electron chi connectivity index (χ2n) is 4.80. The molecule has 2 aromatic heterocycles. The van der Waals surface area contributed by atoms with E-state index in [1.165, 1.54) is 18.3 Å². The molecule has 5 nitrogen and oxygen atoms in total. The van der Waals surface area contributed by atoms with Gasteiger partial charge in [-0.1, -0.05) is 0 Å². The number of hydrogen-bond acceptors (Lipinski definition) is 4. The van der Waals surface area contributed by atoms with Crippen molar-refractivity contribution in [2.45, 2.75) is 34.6 Å². The molecule has 0 aliphatic rings. The van der Waals surface area contributed by atoms with E-state index in [0.717, 1.165) is 10.6 Å². The number of ketones is 1. The first-order valence-corrected chi connectivity index (χ1v) is 7.08. The lowest BCUT2D eigenvalue weighted by Gasteiger charge is -2.01. The van der Waals surface area contributed by atoms with Crippen LogP contribution in [0, 0.1) is 27.7 Å². The van der Waals surface area contributed by atoms with Gasteiger partial charge in [-0.25, -0.2) is 4.98 Å². The maximum atomic E-state index is 12.3. The van der Waals surface area contributed by atoms with Crippen LogP contribution in [0.2, 0.25) is 0 Å². The monoisotopic (exact) mass is 291 g/mol. The summed E-state index contributed by atoms with van der Waals surface area (Å²) in [6.07, 6.45) is 0. The van der Waals surface area contributed by atoms with Gasteiger partial charge in [0, 0.05) is 16.1 Å². The number of amides is 1. The van der Waals surface area contributed by atoms with E-state index in [1.54, 1.807) is 13.8 Å². The number of carbonyl (C=O) groups is 2. The molecule has 2 heterocycles. The molecule has 0 saturated heterocycles. The molecule has 0 fully saturated rings. The standard InChI is InChI=1S/C14H17N3O2S/c1-6-11(9(4)18)8(3)15-12(6)13(19)17-14-16-7(2)10(5)20-14/h15H,1-5H3,(H,16,17,19). The molecule has 2 aromatic rings. The average Bonchev–Trinajstić information content (AvgIpc) is 2.79. The summed E-state index contributed by atoms with van der Waals surface area (Å²) in [5, 5.41) is 3.34. The van der Waals surface area contributed by atoms with Crippen molar-refractivity contribution in [3.05, 3.63) is 33.1 Å². The zero-order chi connectivity index (χ0) is 15.0. The number of nitrogens with one attached hydrogen (secondary N) is 2. The lowest BCUT2D eigenvalue weighted by atomic mass is 10.1. The molecule has 2 N–H and O–H groups in total. The Morgan fingerprint density at radius 3 is 2.30 bits per heavy atom. The van der Waals surface area contributed by atoms with E-state index in [1.807, 2.05) is 13.8 Å². The lowest BCUT2D eigenvalue weighted by molar-refractivity contribution is 0.101. The van der Waals surface area contributed by atoms with E-state index in [-0.39, 0.29) is 11.7 Å². The molecule has 106 valence electrons. The third kappa shape index (κ3) is 2.51. The van der Waals surface area contributed by atoms with Crippen LogP contribution in [0.5, 0.6) is 0 Å². The predicted octanol–water partition coefficient (Wildman–Crippen LogP) is 3.16. The fourth-order valence-corrected chi connectivity index (χ4v) is 3.00. The summed E-state index contributed by atoms with van der Waals surface area (Å²) in [5.41, 5.74) is 3.30. The third-order valence-corrected chi connectivity index (χ3v) is 4.25. The molecular weight excluding hydrogens is 274 g/mol. The Labute approximate surface area is 121 Å². The van der Waals surface area contributed by atoms with Crippen LogP contribution in [-0.4, -0.2) is 21.7 Å². The van der Waals surface area contributed by atoms with Gasteiger partial charge in [-0.15, -0.1) is 11.3 Å². The molecule has 0 unspecified atom stereocenters. The number of aryl methyl sites for hydroxylation is 3. The molecule has 0 saturated carbocycles. The number of thiazole rings is 1. The molecule has 6 heteroatoms. The Balaban J connectivity index is 2.30. The Hall–Kier alpha value is -1.95. The van der Waals surface area contributed by atoms with Gasteiger partial charge in [0.2, 0.25) is 0 Å². The molecule has 0 aliphatic heterocycles. The van der Waals surface area contributed by atoms with Crippen molar-refractivity contribution >= 4 is 28.2 Å². The van der Waals surface area contributed by atoms with Crippen molar-refractivity contribution in [1.82, 2.24) is 9.97 Å². The fraction of sp³-hybridized carbons (Fsp3) is 0.357. The summed E-state index contributed by atoms with van der Waals surface area (Å²) < 4.78 is 0. The SMILES string of the molecule is CC(=O)c1c(C)[nH]c(C(=O)Nc2nc(C)c(C)s2)c1C. The Kier molecular flexibility index (Phi) is 3.76. The van der Waals surface area contributed by atoms with Gasteiger partial charge in [-0.2, -0.15) is 0 Å². The highest BCUT2D eigenvalue weighted by atomic mass is 32.1. The van der Waals surface area contributed by atoms with Crippen molar-refractivity contribution in [2.75, 3.05) is 5.32 Å². The summed E-state index contributed by atoms with van der Waals surface area (Å²) in [6.45, 7) is 8.92. The molecule has 0 bridgehead atoms. The average molecular weight is 291 g/mol. The quantitative estimate of drug-likeness (QED) is 0.853. The smallest absolute Gasteiger partial charge is 0.274 e. The van der Waals surface area contributed by atoms with Crippen LogP contribution < -0.4 is 5.32 Å². The van der Waals surface area contributed by atoms with Crippen LogP contribution in [0.25, 0.3) is 0 Å². The molecule has 0 radical (unpaired) electrons. The minimum absolute atomic E-state index is 0.0452. The minimum atomic E-state index is -0.271. The number of Topliss-reactive ketones (excluding diaryl/α,β-unsaturated/α-hetero) is 1. The Morgan fingerprint density at radius 1 is 1.20 bits per heavy atom. The van der Waals surface area contributed by atoms with Crippen LogP contribution in [0.1, 0.15) is 49.6 Å². The highest BCUT2D eigenvalue weighted by Gasteiger charge is 2.20. The zero-order valence-electron chi connectivity index (χ0n) is 12.2. The maximum absolute atomic E-state index is 12.3. The second kappa shape index (κ2) is 5.20. The zero-order valence-corrected chi connectivity index (χ0v) is 13.0. The van der Waals surface area contributed by atoms with E-state index in [9.17, 15) is 9.59 Å². The normalized spacial score (nSPS) is 10.7. The number of H-pyrrole nitrogens is 1. The minimum Gasteiger partial charge on any atom is -0.354 e. The van der Waals surface area contributed by atoms with Gasteiger partial charge in [0.05, 0.1) is 5.69 Å². The number of aromatic amines is 1. The van der Waals surface area contributed by atoms with Crippen molar-refractivity contribution in [3.63, 3.8) is 0 Å². The number of aromatic nitrogens is 2. The number of anilines is 1. The summed E-state index contributed by atoms with van der Waals surface area (Å²) in [4.78, 5) is 32.2. The Morgan fingerprint density at radius 2 is 1.85 bits per heavy atom. The van der Waals surface area contributed by atoms with E-state index >= 15 is 0 Å². The number of carbonyl (C=O) groups excluding carboxylic acids is 2. The highest BCUT2D eigenvalue weighted by Crippen LogP contribution is 2.23. The number of hydrogen-bond donors (Lipinski definition) is 2. The highest BCUT2D eigenvalue weighted by molar-refractivity contribution is 7.15. The Bertz CT molecular complexity index is 678. The van der Waals surface area contributed by atoms with Gasteiger partial charge in [0.15, 0.2) is 10.9 Å². The summed E-state index contributed by atoms with van der Waals surface area (Å²) in [7, 11) is 0. The van der Waals surface area contributed by atoms with E-state index in [4.69, 9.17) is 0 Å². The van der Waals surface area contributed by atoms with Gasteiger partial charge in [0.25, 0.3) is 5.91 Å². The van der Waals surface area contributed by atoms with Gasteiger partial charge in [-0.3, -0.25) is 14.9 Å². The first kappa shape index (κ1) is 14.5. The van der Waals surface area contributed by atoms with Crippen molar-refractivity contribution < 1.29 is 9.59 Å². The second-order valence-corrected chi connectivity index (χ2v) is 6.00. The van der Waals surface area contributed by atoms with Crippen LogP contribution in [-0.2, 0) is 0 Å². The first-order valence-electron chi connectivity index (χ1n) is 6.26. The van der Waals surface area contributed by atoms with Crippen LogP contribution in [0.3, 0.4) is 0 Å².